The van der Waals surface area contributed by atoms with E-state index >= 15 is 0 Å². The molecule has 0 radical (unpaired) electrons. The van der Waals surface area contributed by atoms with Gasteiger partial charge in [0.25, 0.3) is 6.33 Å². The summed E-state index contributed by atoms with van der Waals surface area (Å²) in [5.74, 6) is 0.698. The molecule has 2 nitrogen and oxygen atoms in total. The molecule has 6 rings (SSSR count). The number of rotatable bonds is 1. The Morgan fingerprint density at radius 2 is 1.83 bits per heavy atom. The van der Waals surface area contributed by atoms with Crippen molar-refractivity contribution >= 4 is 33.4 Å². The van der Waals surface area contributed by atoms with Gasteiger partial charge in [0.15, 0.2) is 5.52 Å². The molecule has 0 N–H and O–H groups in total. The molecule has 0 unspecified atom stereocenters. The van der Waals surface area contributed by atoms with Crippen molar-refractivity contribution in [2.75, 3.05) is 0 Å². The molecule has 1 saturated carbocycles. The summed E-state index contributed by atoms with van der Waals surface area (Å²) in [6.07, 6.45) is 8.76. The van der Waals surface area contributed by atoms with E-state index in [1.54, 1.807) is 0 Å². The third-order valence-electron chi connectivity index (χ3n) is 6.87. The van der Waals surface area contributed by atoms with E-state index < -0.39 is 0 Å². The van der Waals surface area contributed by atoms with Gasteiger partial charge in [-0.05, 0) is 70.8 Å². The van der Waals surface area contributed by atoms with Crippen molar-refractivity contribution in [3.63, 3.8) is 0 Å². The van der Waals surface area contributed by atoms with E-state index in [1.807, 2.05) is 18.1 Å². The molecule has 3 aromatic carbocycles. The van der Waals surface area contributed by atoms with Gasteiger partial charge in [0.05, 0.1) is 12.4 Å². The molecule has 0 saturated heterocycles. The normalized spacial score (nSPS) is 16.3. The van der Waals surface area contributed by atoms with Crippen molar-refractivity contribution in [3.05, 3.63) is 59.9 Å². The van der Waals surface area contributed by atoms with Gasteiger partial charge in [-0.25, -0.2) is 4.57 Å². The Labute approximate surface area is 176 Å². The van der Waals surface area contributed by atoms with Crippen LogP contribution in [0.3, 0.4) is 0 Å². The van der Waals surface area contributed by atoms with E-state index in [-0.39, 0.29) is 0 Å². The molecule has 29 heavy (non-hydrogen) atoms. The summed E-state index contributed by atoms with van der Waals surface area (Å²) in [6, 6.07) is 16.0. The van der Waals surface area contributed by atoms with Crippen LogP contribution in [0.5, 0.6) is 0 Å². The highest BCUT2D eigenvalue weighted by molar-refractivity contribution is 7.99. The first-order valence-corrected chi connectivity index (χ1v) is 11.6. The van der Waals surface area contributed by atoms with Crippen molar-refractivity contribution in [1.82, 2.24) is 4.98 Å². The standard InChI is InChI=1S/C26H25N2S/c1-16-20-11-7-6-10-18(20)13-22-24(16)26-25-21(27-15-28(26)2)12-19(14-23(25)29-22)17-8-4-3-5-9-17/h6-7,10-15,17H,3-5,8-9H2,1-2H3/q+1. The van der Waals surface area contributed by atoms with Crippen LogP contribution in [0.4, 0.5) is 0 Å². The molecule has 1 aromatic heterocycles. The second-order valence-electron chi connectivity index (χ2n) is 8.65. The molecule has 1 aliphatic carbocycles. The average Bonchev–Trinajstić information content (AvgIpc) is 2.76. The summed E-state index contributed by atoms with van der Waals surface area (Å²) < 4.78 is 2.21. The van der Waals surface area contributed by atoms with E-state index in [9.17, 15) is 0 Å². The number of fused-ring (bicyclic) bond motifs is 3. The second-order valence-corrected chi connectivity index (χ2v) is 9.73. The van der Waals surface area contributed by atoms with Gasteiger partial charge in [0, 0.05) is 15.4 Å². The molecule has 1 fully saturated rings. The lowest BCUT2D eigenvalue weighted by atomic mass is 9.83. The molecule has 144 valence electrons. The number of aromatic nitrogens is 2. The smallest absolute Gasteiger partial charge is 0.232 e. The van der Waals surface area contributed by atoms with Gasteiger partial charge >= 0.3 is 0 Å². The van der Waals surface area contributed by atoms with Crippen molar-refractivity contribution < 1.29 is 4.57 Å². The number of nitrogens with zero attached hydrogens (tertiary/aromatic N) is 2. The Kier molecular flexibility index (Phi) is 3.95. The van der Waals surface area contributed by atoms with Crippen LogP contribution in [-0.2, 0) is 7.05 Å². The number of hydrogen-bond acceptors (Lipinski definition) is 2. The Morgan fingerprint density at radius 3 is 2.69 bits per heavy atom. The van der Waals surface area contributed by atoms with Crippen LogP contribution in [0, 0.1) is 6.92 Å². The van der Waals surface area contributed by atoms with E-state index in [1.165, 1.54) is 80.4 Å². The predicted octanol–water partition coefficient (Wildman–Crippen LogP) is 6.70. The number of aryl methyl sites for hydroxylation is 2. The average molecular weight is 398 g/mol. The van der Waals surface area contributed by atoms with Crippen LogP contribution in [0.25, 0.3) is 32.9 Å². The van der Waals surface area contributed by atoms with Crippen LogP contribution in [0.1, 0.15) is 49.1 Å². The zero-order valence-electron chi connectivity index (χ0n) is 17.0. The van der Waals surface area contributed by atoms with Crippen molar-refractivity contribution in [2.45, 2.75) is 54.7 Å². The summed E-state index contributed by atoms with van der Waals surface area (Å²) >= 11 is 1.94. The van der Waals surface area contributed by atoms with Gasteiger partial charge < -0.3 is 0 Å². The Morgan fingerprint density at radius 1 is 1.00 bits per heavy atom. The van der Waals surface area contributed by atoms with Gasteiger partial charge in [-0.3, -0.25) is 0 Å². The lowest BCUT2D eigenvalue weighted by Gasteiger charge is -2.25. The van der Waals surface area contributed by atoms with Crippen LogP contribution >= 0.6 is 11.8 Å². The first-order chi connectivity index (χ1) is 14.2. The minimum atomic E-state index is 0.698. The van der Waals surface area contributed by atoms with Gasteiger partial charge in [-0.1, -0.05) is 55.3 Å². The Balaban J connectivity index is 1.65. The van der Waals surface area contributed by atoms with E-state index in [2.05, 4.69) is 61.0 Å². The molecule has 0 atom stereocenters. The van der Waals surface area contributed by atoms with E-state index in [0.717, 1.165) is 5.52 Å². The largest absolute Gasteiger partial charge is 0.287 e. The van der Waals surface area contributed by atoms with Gasteiger partial charge in [-0.15, -0.1) is 0 Å². The third-order valence-corrected chi connectivity index (χ3v) is 7.95. The van der Waals surface area contributed by atoms with Crippen molar-refractivity contribution in [3.8, 4) is 11.3 Å². The summed E-state index contributed by atoms with van der Waals surface area (Å²) in [7, 11) is 2.13. The molecule has 4 aromatic rings. The molecule has 0 spiro atoms. The van der Waals surface area contributed by atoms with Crippen molar-refractivity contribution in [2.24, 2.45) is 7.05 Å². The zero-order chi connectivity index (χ0) is 19.5. The summed E-state index contributed by atoms with van der Waals surface area (Å²) in [6.45, 7) is 2.27. The monoisotopic (exact) mass is 397 g/mol. The highest BCUT2D eigenvalue weighted by Gasteiger charge is 2.30. The minimum Gasteiger partial charge on any atom is -0.232 e. The maximum Gasteiger partial charge on any atom is 0.287 e. The fourth-order valence-corrected chi connectivity index (χ4v) is 6.66. The molecule has 0 bridgehead atoms. The van der Waals surface area contributed by atoms with Gasteiger partial charge in [0.1, 0.15) is 5.69 Å². The molecule has 2 heterocycles. The minimum absolute atomic E-state index is 0.698. The molecule has 1 aliphatic heterocycles. The summed E-state index contributed by atoms with van der Waals surface area (Å²) in [5, 5.41) is 4.00. The molecular formula is C26H25N2S+. The highest BCUT2D eigenvalue weighted by atomic mass is 32.2. The summed E-state index contributed by atoms with van der Waals surface area (Å²) in [5.41, 5.74) is 6.71. The topological polar surface area (TPSA) is 16.8 Å². The Bertz CT molecular complexity index is 1290. The highest BCUT2D eigenvalue weighted by Crippen LogP contribution is 2.50. The molecule has 0 amide bonds. The lowest BCUT2D eigenvalue weighted by molar-refractivity contribution is -0.662. The quantitative estimate of drug-likeness (QED) is 0.293. The van der Waals surface area contributed by atoms with Crippen LogP contribution in [0.2, 0.25) is 0 Å². The molecule has 2 aliphatic rings. The van der Waals surface area contributed by atoms with Crippen LogP contribution in [0.15, 0.2) is 58.6 Å². The number of hydrogen-bond donors (Lipinski definition) is 0. The fraction of sp³-hybridized carbons (Fsp3) is 0.308. The predicted molar refractivity (Wildman–Crippen MR) is 121 cm³/mol. The zero-order valence-corrected chi connectivity index (χ0v) is 17.9. The lowest BCUT2D eigenvalue weighted by Crippen LogP contribution is -2.32. The molecular weight excluding hydrogens is 372 g/mol. The SMILES string of the molecule is Cc1c2c(cc3ccccc13)Sc1cc(C3CCCCC3)cc3nc[n+](C)c-2c13. The van der Waals surface area contributed by atoms with E-state index in [0.29, 0.717) is 5.92 Å². The Hall–Kier alpha value is -2.39. The first kappa shape index (κ1) is 17.5. The van der Waals surface area contributed by atoms with Gasteiger partial charge in [0.2, 0.25) is 0 Å². The fourth-order valence-electron chi connectivity index (χ4n) is 5.39. The molecule has 3 heteroatoms. The summed E-state index contributed by atoms with van der Waals surface area (Å²) in [4.78, 5) is 7.61. The van der Waals surface area contributed by atoms with Crippen LogP contribution < -0.4 is 4.57 Å². The second kappa shape index (κ2) is 6.56. The van der Waals surface area contributed by atoms with E-state index in [4.69, 9.17) is 4.98 Å². The maximum absolute atomic E-state index is 4.85. The first-order valence-electron chi connectivity index (χ1n) is 10.7. The number of benzene rings is 3. The van der Waals surface area contributed by atoms with Crippen molar-refractivity contribution in [1.29, 1.82) is 0 Å². The van der Waals surface area contributed by atoms with Gasteiger partial charge in [-0.2, -0.15) is 0 Å². The third kappa shape index (κ3) is 2.63. The van der Waals surface area contributed by atoms with Crippen LogP contribution in [-0.4, -0.2) is 4.98 Å². The maximum atomic E-state index is 4.85.